The summed E-state index contributed by atoms with van der Waals surface area (Å²) in [6.45, 7) is 7.89. The minimum Gasteiger partial charge on any atom is -0.469 e. The first kappa shape index (κ1) is 17.6. The maximum absolute atomic E-state index is 10.3. The molecule has 2 atom stereocenters. The number of aliphatic imine (C=N–C) groups is 1. The molecule has 3 N–H and O–H groups in total. The summed E-state index contributed by atoms with van der Waals surface area (Å²) in [6, 6.07) is 3.86. The van der Waals surface area contributed by atoms with E-state index in [4.69, 9.17) is 4.42 Å². The van der Waals surface area contributed by atoms with Gasteiger partial charge in [0.1, 0.15) is 5.76 Å². The third-order valence-corrected chi connectivity index (χ3v) is 4.54. The molecule has 5 heteroatoms. The van der Waals surface area contributed by atoms with Gasteiger partial charge in [0.15, 0.2) is 5.96 Å². The van der Waals surface area contributed by atoms with Gasteiger partial charge in [-0.25, -0.2) is 0 Å². The molecule has 2 rings (SSSR count). The van der Waals surface area contributed by atoms with Crippen molar-refractivity contribution in [1.29, 1.82) is 0 Å². The molecule has 0 bridgehead atoms. The van der Waals surface area contributed by atoms with Crippen molar-refractivity contribution in [2.45, 2.75) is 45.1 Å². The quantitative estimate of drug-likeness (QED) is 0.410. The molecule has 0 amide bonds. The van der Waals surface area contributed by atoms with Gasteiger partial charge in [0.05, 0.1) is 18.9 Å². The molecule has 1 saturated carbocycles. The Kier molecular flexibility index (Phi) is 6.71. The Morgan fingerprint density at radius 1 is 1.52 bits per heavy atom. The van der Waals surface area contributed by atoms with Crippen LogP contribution >= 0.6 is 0 Å². The molecule has 1 aromatic heterocycles. The van der Waals surface area contributed by atoms with Gasteiger partial charge >= 0.3 is 0 Å². The summed E-state index contributed by atoms with van der Waals surface area (Å²) in [5, 5.41) is 16.8. The van der Waals surface area contributed by atoms with E-state index in [1.54, 1.807) is 12.3 Å². The molecule has 0 spiro atoms. The normalized spacial score (nSPS) is 25.1. The van der Waals surface area contributed by atoms with Crippen LogP contribution in [-0.2, 0) is 6.42 Å². The van der Waals surface area contributed by atoms with Gasteiger partial charge in [0.25, 0.3) is 0 Å². The molecule has 1 fully saturated rings. The van der Waals surface area contributed by atoms with Gasteiger partial charge in [-0.15, -0.1) is 6.58 Å². The topological polar surface area (TPSA) is 69.8 Å². The molecular formula is C18H29N3O2. The molecule has 128 valence electrons. The van der Waals surface area contributed by atoms with Gasteiger partial charge in [0, 0.05) is 24.9 Å². The van der Waals surface area contributed by atoms with Crippen LogP contribution in [0, 0.1) is 5.41 Å². The minimum atomic E-state index is -0.260. The summed E-state index contributed by atoms with van der Waals surface area (Å²) in [5.41, 5.74) is -0.123. The van der Waals surface area contributed by atoms with E-state index >= 15 is 0 Å². The van der Waals surface area contributed by atoms with Gasteiger partial charge in [-0.1, -0.05) is 25.8 Å². The Balaban J connectivity index is 1.88. The maximum atomic E-state index is 10.3. The number of furan rings is 1. The summed E-state index contributed by atoms with van der Waals surface area (Å²) in [4.78, 5) is 4.68. The summed E-state index contributed by atoms with van der Waals surface area (Å²) >= 11 is 0. The Morgan fingerprint density at radius 3 is 3.09 bits per heavy atom. The molecule has 0 aromatic carbocycles. The summed E-state index contributed by atoms with van der Waals surface area (Å²) in [6.07, 6.45) is 8.23. The molecule has 0 radical (unpaired) electrons. The first-order valence-electron chi connectivity index (χ1n) is 8.47. The smallest absolute Gasteiger partial charge is 0.191 e. The number of rotatable bonds is 7. The lowest BCUT2D eigenvalue weighted by Gasteiger charge is -2.37. The van der Waals surface area contributed by atoms with Gasteiger partial charge in [0.2, 0.25) is 0 Å². The molecular weight excluding hydrogens is 290 g/mol. The van der Waals surface area contributed by atoms with Crippen LogP contribution in [0.25, 0.3) is 0 Å². The van der Waals surface area contributed by atoms with Crippen LogP contribution in [0.3, 0.4) is 0 Å². The zero-order chi connectivity index (χ0) is 16.5. The number of nitrogens with zero attached hydrogens (tertiary/aromatic N) is 1. The lowest BCUT2D eigenvalue weighted by Crippen LogP contribution is -2.42. The highest BCUT2D eigenvalue weighted by Crippen LogP contribution is 2.36. The largest absolute Gasteiger partial charge is 0.469 e. The number of nitrogens with one attached hydrogen (secondary N) is 2. The molecule has 0 aliphatic heterocycles. The van der Waals surface area contributed by atoms with E-state index in [-0.39, 0.29) is 11.5 Å². The van der Waals surface area contributed by atoms with Crippen molar-refractivity contribution < 1.29 is 9.52 Å². The summed E-state index contributed by atoms with van der Waals surface area (Å²) in [5.74, 6) is 1.71. The van der Waals surface area contributed by atoms with Crippen molar-refractivity contribution >= 4 is 5.96 Å². The molecule has 1 aliphatic carbocycles. The van der Waals surface area contributed by atoms with E-state index in [9.17, 15) is 5.11 Å². The highest BCUT2D eigenvalue weighted by molar-refractivity contribution is 5.79. The number of aliphatic hydroxyl groups is 1. The van der Waals surface area contributed by atoms with Gasteiger partial charge in [-0.3, -0.25) is 4.99 Å². The van der Waals surface area contributed by atoms with Crippen LogP contribution in [0.2, 0.25) is 0 Å². The maximum Gasteiger partial charge on any atom is 0.191 e. The summed E-state index contributed by atoms with van der Waals surface area (Å²) < 4.78 is 5.33. The molecule has 2 unspecified atom stereocenters. The van der Waals surface area contributed by atoms with E-state index in [0.29, 0.717) is 13.1 Å². The first-order chi connectivity index (χ1) is 11.1. The van der Waals surface area contributed by atoms with E-state index in [0.717, 1.165) is 43.9 Å². The molecule has 5 nitrogen and oxygen atoms in total. The van der Waals surface area contributed by atoms with Gasteiger partial charge in [-0.2, -0.15) is 0 Å². The fraction of sp³-hybridized carbons (Fsp3) is 0.611. The highest BCUT2D eigenvalue weighted by atomic mass is 16.3. The number of aliphatic hydroxyl groups excluding tert-OH is 1. The second-order valence-electron chi connectivity index (χ2n) is 6.51. The second kappa shape index (κ2) is 8.77. The van der Waals surface area contributed by atoms with Crippen molar-refractivity contribution in [1.82, 2.24) is 10.6 Å². The van der Waals surface area contributed by atoms with Crippen LogP contribution in [0.4, 0.5) is 0 Å². The van der Waals surface area contributed by atoms with E-state index in [1.165, 1.54) is 6.42 Å². The van der Waals surface area contributed by atoms with Crippen molar-refractivity contribution in [3.63, 3.8) is 0 Å². The van der Waals surface area contributed by atoms with Crippen LogP contribution in [0.15, 0.2) is 40.5 Å². The van der Waals surface area contributed by atoms with E-state index in [1.807, 2.05) is 12.1 Å². The zero-order valence-electron chi connectivity index (χ0n) is 14.1. The predicted octanol–water partition coefficient (Wildman–Crippen LogP) is 2.48. The molecule has 0 saturated heterocycles. The molecule has 1 heterocycles. The van der Waals surface area contributed by atoms with Gasteiger partial charge in [-0.05, 0) is 25.0 Å². The van der Waals surface area contributed by atoms with Crippen molar-refractivity contribution in [3.8, 4) is 0 Å². The van der Waals surface area contributed by atoms with Crippen molar-refractivity contribution in [3.05, 3.63) is 36.8 Å². The lowest BCUT2D eigenvalue weighted by molar-refractivity contribution is 0.00716. The van der Waals surface area contributed by atoms with Crippen LogP contribution in [0.5, 0.6) is 0 Å². The third kappa shape index (κ3) is 5.43. The molecule has 23 heavy (non-hydrogen) atoms. The zero-order valence-corrected chi connectivity index (χ0v) is 14.1. The van der Waals surface area contributed by atoms with Crippen molar-refractivity contribution in [2.24, 2.45) is 10.4 Å². The van der Waals surface area contributed by atoms with E-state index in [2.05, 4.69) is 29.1 Å². The Hall–Kier alpha value is -1.75. The lowest BCUT2D eigenvalue weighted by atomic mass is 9.73. The monoisotopic (exact) mass is 319 g/mol. The Morgan fingerprint density at radius 2 is 2.39 bits per heavy atom. The van der Waals surface area contributed by atoms with Crippen LogP contribution < -0.4 is 10.6 Å². The predicted molar refractivity (Wildman–Crippen MR) is 93.5 cm³/mol. The highest BCUT2D eigenvalue weighted by Gasteiger charge is 2.35. The first-order valence-corrected chi connectivity index (χ1v) is 8.47. The fourth-order valence-electron chi connectivity index (χ4n) is 2.93. The molecule has 1 aromatic rings. The average molecular weight is 319 g/mol. The SMILES string of the molecule is C=CCNC(=NCC1(C)CCCCC1O)NCCc1ccco1. The second-order valence-corrected chi connectivity index (χ2v) is 6.51. The summed E-state index contributed by atoms with van der Waals surface area (Å²) in [7, 11) is 0. The standard InChI is InChI=1S/C18H29N3O2/c1-3-11-19-17(20-12-9-15-7-6-13-23-15)21-14-18(2)10-5-4-8-16(18)22/h3,6-7,13,16,22H,1,4-5,8-12,14H2,2H3,(H2,19,20,21). The van der Waals surface area contributed by atoms with Crippen LogP contribution in [0.1, 0.15) is 38.4 Å². The average Bonchev–Trinajstić information content (AvgIpc) is 3.06. The Bertz CT molecular complexity index is 498. The molecule has 1 aliphatic rings. The Labute approximate surface area is 138 Å². The van der Waals surface area contributed by atoms with Crippen molar-refractivity contribution in [2.75, 3.05) is 19.6 Å². The fourth-order valence-corrected chi connectivity index (χ4v) is 2.93. The van der Waals surface area contributed by atoms with Crippen LogP contribution in [-0.4, -0.2) is 36.8 Å². The van der Waals surface area contributed by atoms with Gasteiger partial charge < -0.3 is 20.2 Å². The van der Waals surface area contributed by atoms with E-state index < -0.39 is 0 Å². The number of hydrogen-bond donors (Lipinski definition) is 3. The third-order valence-electron chi connectivity index (χ3n) is 4.54. The number of guanidine groups is 1. The minimum absolute atomic E-state index is 0.123. The number of hydrogen-bond acceptors (Lipinski definition) is 3.